The summed E-state index contributed by atoms with van der Waals surface area (Å²) in [4.78, 5) is 31.8. The maximum atomic E-state index is 13.9. The lowest BCUT2D eigenvalue weighted by molar-refractivity contribution is -0.129. The SMILES string of the molecule is Cc1cccc(N2C[C@@H](C(=O)N[C@@H](Cc3ccccc3)[C@H](O)CN(CC(C)C)S(=O)(=O)c3ccc4nc(C)oc4c3)OC2=O)c1. The number of benzene rings is 3. The zero-order chi connectivity index (χ0) is 32.3. The number of carbonyl (C=O) groups is 2. The Labute approximate surface area is 262 Å². The molecular formula is C33H38N4O7S. The number of carbonyl (C=O) groups excluding carboxylic acids is 2. The van der Waals surface area contributed by atoms with E-state index >= 15 is 0 Å². The number of anilines is 1. The standard InChI is InChI=1S/C33H38N4O7S/c1-21(2)18-36(45(41,42)26-13-14-27-30(17-26)43-23(4)34-27)19-29(38)28(16-24-10-6-5-7-11-24)35-32(39)31-20-37(33(40)44-31)25-12-8-9-22(3)15-25/h5-15,17,21,28-29,31,38H,16,18-20H2,1-4H3,(H,35,39)/t28-,29+,31-/m0/s1. The molecule has 2 N–H and O–H groups in total. The summed E-state index contributed by atoms with van der Waals surface area (Å²) < 4.78 is 40.0. The number of hydrogen-bond donors (Lipinski definition) is 2. The first-order valence-corrected chi connectivity index (χ1v) is 16.3. The van der Waals surface area contributed by atoms with E-state index in [1.54, 1.807) is 19.1 Å². The number of aromatic nitrogens is 1. The monoisotopic (exact) mass is 634 g/mol. The Morgan fingerprint density at radius 1 is 1.07 bits per heavy atom. The Bertz CT molecular complexity index is 1770. The van der Waals surface area contributed by atoms with E-state index in [1.165, 1.54) is 21.3 Å². The topological polar surface area (TPSA) is 142 Å². The number of nitrogens with zero attached hydrogens (tertiary/aromatic N) is 3. The molecule has 2 heterocycles. The fraction of sp³-hybridized carbons (Fsp3) is 0.364. The number of rotatable bonds is 12. The molecule has 0 saturated carbocycles. The number of aliphatic hydroxyl groups excluding tert-OH is 1. The van der Waals surface area contributed by atoms with Gasteiger partial charge in [0.25, 0.3) is 5.91 Å². The number of hydrogen-bond acceptors (Lipinski definition) is 8. The zero-order valence-electron chi connectivity index (χ0n) is 25.7. The molecule has 1 fully saturated rings. The van der Waals surface area contributed by atoms with Crippen LogP contribution in [0.25, 0.3) is 11.1 Å². The van der Waals surface area contributed by atoms with Crippen molar-refractivity contribution in [1.29, 1.82) is 0 Å². The lowest BCUT2D eigenvalue weighted by Gasteiger charge is -2.31. The second-order valence-corrected chi connectivity index (χ2v) is 13.7. The van der Waals surface area contributed by atoms with Crippen LogP contribution in [0.15, 0.2) is 82.1 Å². The summed E-state index contributed by atoms with van der Waals surface area (Å²) in [6.07, 6.45) is -2.84. The number of fused-ring (bicyclic) bond motifs is 1. The molecule has 3 atom stereocenters. The van der Waals surface area contributed by atoms with Crippen LogP contribution in [-0.4, -0.2) is 72.7 Å². The third-order valence-electron chi connectivity index (χ3n) is 7.57. The van der Waals surface area contributed by atoms with Crippen LogP contribution in [0.5, 0.6) is 0 Å². The van der Waals surface area contributed by atoms with Crippen LogP contribution >= 0.6 is 0 Å². The van der Waals surface area contributed by atoms with E-state index in [1.807, 2.05) is 69.3 Å². The summed E-state index contributed by atoms with van der Waals surface area (Å²) in [7, 11) is -4.08. The van der Waals surface area contributed by atoms with Crippen molar-refractivity contribution in [1.82, 2.24) is 14.6 Å². The normalized spacial score (nSPS) is 16.7. The molecule has 12 heteroatoms. The van der Waals surface area contributed by atoms with Gasteiger partial charge in [-0.1, -0.05) is 56.3 Å². The number of oxazole rings is 1. The third kappa shape index (κ3) is 7.52. The largest absolute Gasteiger partial charge is 0.441 e. The Balaban J connectivity index is 1.37. The van der Waals surface area contributed by atoms with E-state index in [0.717, 1.165) is 11.1 Å². The average Bonchev–Trinajstić information content (AvgIpc) is 3.57. The molecule has 3 aromatic carbocycles. The van der Waals surface area contributed by atoms with E-state index < -0.39 is 40.3 Å². The maximum Gasteiger partial charge on any atom is 0.415 e. The molecule has 1 saturated heterocycles. The van der Waals surface area contributed by atoms with Crippen molar-refractivity contribution in [2.75, 3.05) is 24.5 Å². The predicted octanol–water partition coefficient (Wildman–Crippen LogP) is 4.21. The molecule has 45 heavy (non-hydrogen) atoms. The summed E-state index contributed by atoms with van der Waals surface area (Å²) in [5.41, 5.74) is 3.29. The molecule has 11 nitrogen and oxygen atoms in total. The van der Waals surface area contributed by atoms with Crippen LogP contribution in [0.2, 0.25) is 0 Å². The summed E-state index contributed by atoms with van der Waals surface area (Å²) in [6.45, 7) is 7.20. The van der Waals surface area contributed by atoms with Crippen molar-refractivity contribution in [3.05, 3.63) is 89.8 Å². The molecule has 238 valence electrons. The summed E-state index contributed by atoms with van der Waals surface area (Å²) in [5.74, 6) is -0.220. The van der Waals surface area contributed by atoms with Crippen molar-refractivity contribution in [2.45, 2.75) is 57.3 Å². The number of amides is 2. The second kappa shape index (κ2) is 13.4. The van der Waals surface area contributed by atoms with Crippen molar-refractivity contribution < 1.29 is 32.3 Å². The van der Waals surface area contributed by atoms with Gasteiger partial charge in [-0.2, -0.15) is 4.31 Å². The van der Waals surface area contributed by atoms with E-state index in [-0.39, 0.29) is 36.9 Å². The highest BCUT2D eigenvalue weighted by Gasteiger charge is 2.39. The van der Waals surface area contributed by atoms with Gasteiger partial charge in [0.15, 0.2) is 17.6 Å². The Hall–Kier alpha value is -4.26. The van der Waals surface area contributed by atoms with Crippen LogP contribution in [0.4, 0.5) is 10.5 Å². The van der Waals surface area contributed by atoms with Gasteiger partial charge in [0, 0.05) is 31.8 Å². The summed E-state index contributed by atoms with van der Waals surface area (Å²) in [5, 5.41) is 14.4. The first-order valence-electron chi connectivity index (χ1n) is 14.8. The van der Waals surface area contributed by atoms with Crippen LogP contribution in [-0.2, 0) is 26.0 Å². The highest BCUT2D eigenvalue weighted by Crippen LogP contribution is 2.25. The van der Waals surface area contributed by atoms with Crippen molar-refractivity contribution >= 4 is 38.8 Å². The molecule has 0 spiro atoms. The van der Waals surface area contributed by atoms with Gasteiger partial charge >= 0.3 is 6.09 Å². The zero-order valence-corrected chi connectivity index (χ0v) is 26.5. The molecular weight excluding hydrogens is 596 g/mol. The van der Waals surface area contributed by atoms with Gasteiger partial charge in [-0.3, -0.25) is 9.69 Å². The fourth-order valence-corrected chi connectivity index (χ4v) is 7.01. The first kappa shape index (κ1) is 32.1. The van der Waals surface area contributed by atoms with Crippen molar-refractivity contribution in [3.8, 4) is 0 Å². The van der Waals surface area contributed by atoms with Gasteiger partial charge in [0.05, 0.1) is 23.6 Å². The van der Waals surface area contributed by atoms with Gasteiger partial charge in [-0.15, -0.1) is 0 Å². The van der Waals surface area contributed by atoms with Gasteiger partial charge in [-0.25, -0.2) is 18.2 Å². The molecule has 5 rings (SSSR count). The van der Waals surface area contributed by atoms with E-state index in [9.17, 15) is 23.1 Å². The molecule has 0 aliphatic carbocycles. The molecule has 1 aliphatic heterocycles. The van der Waals surface area contributed by atoms with E-state index in [2.05, 4.69) is 10.3 Å². The molecule has 0 bridgehead atoms. The smallest absolute Gasteiger partial charge is 0.415 e. The number of aryl methyl sites for hydroxylation is 2. The molecule has 0 unspecified atom stereocenters. The molecule has 4 aromatic rings. The Morgan fingerprint density at radius 3 is 2.53 bits per heavy atom. The molecule has 0 radical (unpaired) electrons. The molecule has 1 aliphatic rings. The van der Waals surface area contributed by atoms with Crippen LogP contribution in [0, 0.1) is 19.8 Å². The number of cyclic esters (lactones) is 1. The minimum Gasteiger partial charge on any atom is -0.441 e. The number of aliphatic hydroxyl groups is 1. The van der Waals surface area contributed by atoms with Crippen LogP contribution in [0.1, 0.15) is 30.9 Å². The predicted molar refractivity (Wildman–Crippen MR) is 169 cm³/mol. The first-order chi connectivity index (χ1) is 21.4. The number of ether oxygens (including phenoxy) is 1. The number of sulfonamides is 1. The van der Waals surface area contributed by atoms with Gasteiger partial charge in [0.1, 0.15) is 5.52 Å². The summed E-state index contributed by atoms with van der Waals surface area (Å²) in [6, 6.07) is 20.2. The van der Waals surface area contributed by atoms with Crippen LogP contribution < -0.4 is 10.2 Å². The molecule has 2 amide bonds. The average molecular weight is 635 g/mol. The third-order valence-corrected chi connectivity index (χ3v) is 9.40. The number of nitrogens with one attached hydrogen (secondary N) is 1. The van der Waals surface area contributed by atoms with Gasteiger partial charge in [-0.05, 0) is 54.7 Å². The lowest BCUT2D eigenvalue weighted by Crippen LogP contribution is -2.53. The van der Waals surface area contributed by atoms with Crippen molar-refractivity contribution in [2.24, 2.45) is 5.92 Å². The van der Waals surface area contributed by atoms with E-state index in [4.69, 9.17) is 9.15 Å². The quantitative estimate of drug-likeness (QED) is 0.236. The fourth-order valence-electron chi connectivity index (χ4n) is 5.38. The van der Waals surface area contributed by atoms with Gasteiger partial charge in [0.2, 0.25) is 10.0 Å². The second-order valence-electron chi connectivity index (χ2n) is 11.8. The van der Waals surface area contributed by atoms with E-state index in [0.29, 0.717) is 22.7 Å². The maximum absolute atomic E-state index is 13.9. The summed E-state index contributed by atoms with van der Waals surface area (Å²) >= 11 is 0. The van der Waals surface area contributed by atoms with Crippen molar-refractivity contribution in [3.63, 3.8) is 0 Å². The minimum atomic E-state index is -4.08. The minimum absolute atomic E-state index is 0.000284. The lowest BCUT2D eigenvalue weighted by atomic mass is 10.0. The Kier molecular flexibility index (Phi) is 9.56. The highest BCUT2D eigenvalue weighted by atomic mass is 32.2. The molecule has 1 aromatic heterocycles. The Morgan fingerprint density at radius 2 is 1.82 bits per heavy atom. The highest BCUT2D eigenvalue weighted by molar-refractivity contribution is 7.89. The van der Waals surface area contributed by atoms with Gasteiger partial charge < -0.3 is 19.6 Å². The van der Waals surface area contributed by atoms with Crippen LogP contribution in [0.3, 0.4) is 0 Å².